The van der Waals surface area contributed by atoms with Crippen LogP contribution in [0.15, 0.2) is 12.2 Å². The van der Waals surface area contributed by atoms with Gasteiger partial charge in [-0.15, -0.1) is 0 Å². The van der Waals surface area contributed by atoms with Crippen LogP contribution in [0.1, 0.15) is 0 Å². The van der Waals surface area contributed by atoms with Crippen molar-refractivity contribution in [2.24, 2.45) is 11.8 Å². The first kappa shape index (κ1) is 15.5. The number of amides is 2. The molecule has 2 aliphatic heterocycles. The van der Waals surface area contributed by atoms with E-state index in [4.69, 9.17) is 0 Å². The molecule has 2 amide bonds. The zero-order valence-electron chi connectivity index (χ0n) is 13.6. The second kappa shape index (κ2) is 6.01. The molecule has 0 aromatic rings. The van der Waals surface area contributed by atoms with Crippen LogP contribution in [0.4, 0.5) is 0 Å². The Morgan fingerprint density at radius 3 is 1.41 bits per heavy atom. The first-order chi connectivity index (χ1) is 10.5. The van der Waals surface area contributed by atoms with Crippen LogP contribution < -0.4 is 0 Å². The molecule has 0 bridgehead atoms. The van der Waals surface area contributed by atoms with E-state index in [9.17, 15) is 9.59 Å². The highest BCUT2D eigenvalue weighted by atomic mass is 16.2. The van der Waals surface area contributed by atoms with Crippen molar-refractivity contribution in [1.29, 1.82) is 0 Å². The molecule has 0 aromatic carbocycles. The van der Waals surface area contributed by atoms with Crippen molar-refractivity contribution in [2.45, 2.75) is 0 Å². The van der Waals surface area contributed by atoms with Gasteiger partial charge < -0.3 is 19.6 Å². The SMILES string of the molecule is C=C1[C@H](C(=O)N2CCN(C)CC2)[C@@H]1C(=O)N1CCN(C)CC1. The van der Waals surface area contributed by atoms with E-state index >= 15 is 0 Å². The minimum Gasteiger partial charge on any atom is -0.340 e. The Morgan fingerprint density at radius 1 is 0.773 bits per heavy atom. The summed E-state index contributed by atoms with van der Waals surface area (Å²) in [4.78, 5) is 33.4. The van der Waals surface area contributed by atoms with Gasteiger partial charge in [-0.05, 0) is 14.1 Å². The number of likely N-dealkylation sites (N-methyl/N-ethyl adjacent to an activating group) is 2. The van der Waals surface area contributed by atoms with Crippen molar-refractivity contribution in [3.8, 4) is 0 Å². The molecule has 2 saturated heterocycles. The molecule has 0 unspecified atom stereocenters. The van der Waals surface area contributed by atoms with Crippen LogP contribution in [-0.4, -0.2) is 97.9 Å². The number of hydrogen-bond acceptors (Lipinski definition) is 4. The predicted octanol–water partition coefficient (Wildman–Crippen LogP) is -0.663. The van der Waals surface area contributed by atoms with Crippen molar-refractivity contribution in [2.75, 3.05) is 66.5 Å². The summed E-state index contributed by atoms with van der Waals surface area (Å²) in [7, 11) is 4.13. The first-order valence-electron chi connectivity index (χ1n) is 8.12. The van der Waals surface area contributed by atoms with Gasteiger partial charge >= 0.3 is 0 Å². The summed E-state index contributed by atoms with van der Waals surface area (Å²) in [5.74, 6) is -0.331. The van der Waals surface area contributed by atoms with Gasteiger partial charge in [0, 0.05) is 52.4 Å². The third kappa shape index (κ3) is 2.90. The van der Waals surface area contributed by atoms with Crippen molar-refractivity contribution in [3.05, 3.63) is 12.2 Å². The van der Waals surface area contributed by atoms with E-state index in [0.29, 0.717) is 0 Å². The Balaban J connectivity index is 1.57. The van der Waals surface area contributed by atoms with E-state index < -0.39 is 0 Å². The third-order valence-electron chi connectivity index (χ3n) is 5.19. The maximum atomic E-state index is 12.6. The maximum absolute atomic E-state index is 12.6. The molecule has 3 rings (SSSR count). The van der Waals surface area contributed by atoms with Crippen molar-refractivity contribution >= 4 is 11.8 Å². The summed E-state index contributed by atoms with van der Waals surface area (Å²) in [5, 5.41) is 0. The molecular weight excluding hydrogens is 280 g/mol. The van der Waals surface area contributed by atoms with E-state index in [2.05, 4.69) is 30.5 Å². The Bertz CT molecular complexity index is 435. The topological polar surface area (TPSA) is 47.1 Å². The van der Waals surface area contributed by atoms with Crippen LogP contribution in [0.25, 0.3) is 0 Å². The largest absolute Gasteiger partial charge is 0.340 e. The lowest BCUT2D eigenvalue weighted by atomic mass is 10.2. The van der Waals surface area contributed by atoms with Gasteiger partial charge in [0.05, 0.1) is 11.8 Å². The summed E-state index contributed by atoms with van der Waals surface area (Å²) in [5.41, 5.74) is 0.813. The molecule has 3 fully saturated rings. The number of carbonyl (C=O) groups is 2. The fourth-order valence-corrected chi connectivity index (χ4v) is 3.36. The minimum atomic E-state index is -0.268. The Labute approximate surface area is 132 Å². The molecule has 3 aliphatic rings. The molecule has 1 aliphatic carbocycles. The second-order valence-corrected chi connectivity index (χ2v) is 6.79. The van der Waals surface area contributed by atoms with Crippen LogP contribution in [0, 0.1) is 11.8 Å². The molecule has 1 saturated carbocycles. The van der Waals surface area contributed by atoms with Gasteiger partial charge in [0.2, 0.25) is 11.8 Å². The molecule has 22 heavy (non-hydrogen) atoms. The number of nitrogens with zero attached hydrogens (tertiary/aromatic N) is 4. The molecule has 6 nitrogen and oxygen atoms in total. The summed E-state index contributed by atoms with van der Waals surface area (Å²) in [6, 6.07) is 0. The number of piperazine rings is 2. The van der Waals surface area contributed by atoms with Gasteiger partial charge in [-0.25, -0.2) is 0 Å². The van der Waals surface area contributed by atoms with Crippen LogP contribution in [-0.2, 0) is 9.59 Å². The van der Waals surface area contributed by atoms with E-state index in [1.807, 2.05) is 9.80 Å². The van der Waals surface area contributed by atoms with Crippen molar-refractivity contribution in [1.82, 2.24) is 19.6 Å². The first-order valence-corrected chi connectivity index (χ1v) is 8.12. The Kier molecular flexibility index (Phi) is 4.23. The molecule has 0 radical (unpaired) electrons. The third-order valence-corrected chi connectivity index (χ3v) is 5.19. The average Bonchev–Trinajstić information content (AvgIpc) is 3.18. The molecule has 0 aromatic heterocycles. The molecular formula is C16H26N4O2. The van der Waals surface area contributed by atoms with Crippen LogP contribution >= 0.6 is 0 Å². The standard InChI is InChI=1S/C16H26N4O2/c1-12-13(15(21)19-8-4-17(2)5-9-19)14(12)16(22)20-10-6-18(3)7-11-20/h13-14H,1,4-11H2,2-3H3/t13-,14+. The van der Waals surface area contributed by atoms with Gasteiger partial charge in [-0.3, -0.25) is 9.59 Å². The number of rotatable bonds is 2. The van der Waals surface area contributed by atoms with Gasteiger partial charge in [0.15, 0.2) is 0 Å². The van der Waals surface area contributed by atoms with Gasteiger partial charge in [0.25, 0.3) is 0 Å². The maximum Gasteiger partial charge on any atom is 0.231 e. The summed E-state index contributed by atoms with van der Waals surface area (Å²) < 4.78 is 0. The van der Waals surface area contributed by atoms with Crippen molar-refractivity contribution < 1.29 is 9.59 Å². The minimum absolute atomic E-state index is 0.102. The van der Waals surface area contributed by atoms with E-state index in [1.165, 1.54) is 0 Å². The lowest BCUT2D eigenvalue weighted by Crippen LogP contribution is -2.49. The highest BCUT2D eigenvalue weighted by Crippen LogP contribution is 2.46. The molecule has 2 atom stereocenters. The molecule has 2 heterocycles. The second-order valence-electron chi connectivity index (χ2n) is 6.79. The highest BCUT2D eigenvalue weighted by Gasteiger charge is 2.55. The highest BCUT2D eigenvalue weighted by molar-refractivity contribution is 5.99. The fourth-order valence-electron chi connectivity index (χ4n) is 3.36. The Morgan fingerprint density at radius 2 is 1.09 bits per heavy atom. The summed E-state index contributed by atoms with van der Waals surface area (Å²) >= 11 is 0. The van der Waals surface area contributed by atoms with E-state index in [-0.39, 0.29) is 23.7 Å². The summed E-state index contributed by atoms with van der Waals surface area (Å²) in [6.07, 6.45) is 0. The zero-order valence-corrected chi connectivity index (χ0v) is 13.6. The molecule has 6 heteroatoms. The summed E-state index contributed by atoms with van der Waals surface area (Å²) in [6.45, 7) is 10.6. The normalized spacial score (nSPS) is 30.5. The molecule has 0 N–H and O–H groups in total. The average molecular weight is 306 g/mol. The zero-order chi connectivity index (χ0) is 15.9. The van der Waals surface area contributed by atoms with Crippen molar-refractivity contribution in [3.63, 3.8) is 0 Å². The van der Waals surface area contributed by atoms with E-state index in [1.54, 1.807) is 0 Å². The monoisotopic (exact) mass is 306 g/mol. The van der Waals surface area contributed by atoms with Gasteiger partial charge in [0.1, 0.15) is 0 Å². The molecule has 0 spiro atoms. The van der Waals surface area contributed by atoms with Gasteiger partial charge in [-0.2, -0.15) is 0 Å². The quantitative estimate of drug-likeness (QED) is 0.635. The Hall–Kier alpha value is -1.40. The molecule has 122 valence electrons. The lowest BCUT2D eigenvalue weighted by molar-refractivity contribution is -0.139. The van der Waals surface area contributed by atoms with E-state index in [0.717, 1.165) is 57.9 Å². The lowest BCUT2D eigenvalue weighted by Gasteiger charge is -2.33. The predicted molar refractivity (Wildman–Crippen MR) is 84.3 cm³/mol. The van der Waals surface area contributed by atoms with Crippen LogP contribution in [0.3, 0.4) is 0 Å². The number of hydrogen-bond donors (Lipinski definition) is 0. The van der Waals surface area contributed by atoms with Crippen LogP contribution in [0.2, 0.25) is 0 Å². The number of carbonyl (C=O) groups excluding carboxylic acids is 2. The van der Waals surface area contributed by atoms with Gasteiger partial charge in [-0.1, -0.05) is 12.2 Å². The fraction of sp³-hybridized carbons (Fsp3) is 0.750. The van der Waals surface area contributed by atoms with Crippen LogP contribution in [0.5, 0.6) is 0 Å². The smallest absolute Gasteiger partial charge is 0.231 e.